The second kappa shape index (κ2) is 10.5. The first-order valence-corrected chi connectivity index (χ1v) is 9.40. The van der Waals surface area contributed by atoms with Crippen molar-refractivity contribution in [2.45, 2.75) is 25.6 Å². The van der Waals surface area contributed by atoms with Crippen molar-refractivity contribution in [3.63, 3.8) is 0 Å². The van der Waals surface area contributed by atoms with E-state index in [4.69, 9.17) is 15.2 Å². The molecule has 1 saturated heterocycles. The predicted molar refractivity (Wildman–Crippen MR) is 113 cm³/mol. The molecule has 2 N–H and O–H groups in total. The van der Waals surface area contributed by atoms with E-state index in [1.165, 1.54) is 5.56 Å². The monoisotopic (exact) mass is 404 g/mol. The SMILES string of the molecule is COc1cccc(COC(C)C(=O)N2C[C@@H](CN)[C@H](c3ccccc3)C2)c1.Cl. The van der Waals surface area contributed by atoms with Crippen LogP contribution in [0.25, 0.3) is 0 Å². The van der Waals surface area contributed by atoms with Gasteiger partial charge in [0.1, 0.15) is 11.9 Å². The molecule has 1 aliphatic heterocycles. The molecule has 1 aliphatic rings. The second-order valence-electron chi connectivity index (χ2n) is 7.06. The summed E-state index contributed by atoms with van der Waals surface area (Å²) in [6.45, 7) is 4.14. The molecule has 0 spiro atoms. The van der Waals surface area contributed by atoms with E-state index in [-0.39, 0.29) is 30.2 Å². The highest BCUT2D eigenvalue weighted by Crippen LogP contribution is 2.32. The van der Waals surface area contributed by atoms with Crippen molar-refractivity contribution >= 4 is 18.3 Å². The van der Waals surface area contributed by atoms with Crippen molar-refractivity contribution in [2.75, 3.05) is 26.7 Å². The molecule has 1 heterocycles. The third-order valence-corrected chi connectivity index (χ3v) is 5.27. The number of hydrogen-bond acceptors (Lipinski definition) is 4. The largest absolute Gasteiger partial charge is 0.497 e. The van der Waals surface area contributed by atoms with Gasteiger partial charge in [-0.15, -0.1) is 12.4 Å². The summed E-state index contributed by atoms with van der Waals surface area (Å²) in [4.78, 5) is 14.8. The highest BCUT2D eigenvalue weighted by molar-refractivity contribution is 5.85. The average Bonchev–Trinajstić information content (AvgIpc) is 3.16. The highest BCUT2D eigenvalue weighted by Gasteiger charge is 2.36. The zero-order chi connectivity index (χ0) is 19.2. The Bertz CT molecular complexity index is 756. The maximum Gasteiger partial charge on any atom is 0.251 e. The van der Waals surface area contributed by atoms with Crippen molar-refractivity contribution in [3.05, 3.63) is 65.7 Å². The van der Waals surface area contributed by atoms with Crippen LogP contribution >= 0.6 is 12.4 Å². The number of amides is 1. The first kappa shape index (κ1) is 22.2. The van der Waals surface area contributed by atoms with Gasteiger partial charge in [-0.05, 0) is 42.6 Å². The zero-order valence-electron chi connectivity index (χ0n) is 16.4. The van der Waals surface area contributed by atoms with Crippen LogP contribution in [0, 0.1) is 5.92 Å². The fourth-order valence-corrected chi connectivity index (χ4v) is 3.68. The van der Waals surface area contributed by atoms with E-state index in [0.717, 1.165) is 11.3 Å². The van der Waals surface area contributed by atoms with E-state index in [9.17, 15) is 4.79 Å². The van der Waals surface area contributed by atoms with Crippen LogP contribution in [0.4, 0.5) is 0 Å². The maximum absolute atomic E-state index is 12.9. The number of halogens is 1. The van der Waals surface area contributed by atoms with Crippen LogP contribution in [-0.4, -0.2) is 43.7 Å². The number of likely N-dealkylation sites (tertiary alicyclic amines) is 1. The fourth-order valence-electron chi connectivity index (χ4n) is 3.68. The number of benzene rings is 2. The summed E-state index contributed by atoms with van der Waals surface area (Å²) in [5.41, 5.74) is 8.21. The fraction of sp³-hybridized carbons (Fsp3) is 0.409. The lowest BCUT2D eigenvalue weighted by atomic mass is 9.89. The van der Waals surface area contributed by atoms with Crippen LogP contribution in [0.1, 0.15) is 24.0 Å². The smallest absolute Gasteiger partial charge is 0.251 e. The number of methoxy groups -OCH3 is 1. The predicted octanol–water partition coefficient (Wildman–Crippen LogP) is 3.22. The van der Waals surface area contributed by atoms with Gasteiger partial charge in [0.15, 0.2) is 0 Å². The van der Waals surface area contributed by atoms with E-state index in [1.54, 1.807) is 7.11 Å². The first-order valence-electron chi connectivity index (χ1n) is 9.40. The Morgan fingerprint density at radius 2 is 1.93 bits per heavy atom. The van der Waals surface area contributed by atoms with Crippen molar-refractivity contribution < 1.29 is 14.3 Å². The second-order valence-corrected chi connectivity index (χ2v) is 7.06. The highest BCUT2D eigenvalue weighted by atomic mass is 35.5. The van der Waals surface area contributed by atoms with Gasteiger partial charge in [0.2, 0.25) is 0 Å². The normalized spacial score (nSPS) is 19.8. The minimum absolute atomic E-state index is 0. The first-order chi connectivity index (χ1) is 13.1. The van der Waals surface area contributed by atoms with E-state index >= 15 is 0 Å². The van der Waals surface area contributed by atoms with Crippen molar-refractivity contribution in [1.82, 2.24) is 4.90 Å². The molecule has 3 atom stereocenters. The molecule has 1 amide bonds. The zero-order valence-corrected chi connectivity index (χ0v) is 17.2. The molecule has 2 aromatic carbocycles. The van der Waals surface area contributed by atoms with Crippen LogP contribution in [0.2, 0.25) is 0 Å². The molecule has 152 valence electrons. The van der Waals surface area contributed by atoms with Gasteiger partial charge in [0, 0.05) is 19.0 Å². The number of nitrogens with two attached hydrogens (primary N) is 1. The Kier molecular flexibility index (Phi) is 8.30. The van der Waals surface area contributed by atoms with Crippen LogP contribution in [0.5, 0.6) is 5.75 Å². The molecular formula is C22H29ClN2O3. The van der Waals surface area contributed by atoms with Gasteiger partial charge in [-0.2, -0.15) is 0 Å². The molecule has 0 saturated carbocycles. The molecule has 0 bridgehead atoms. The summed E-state index contributed by atoms with van der Waals surface area (Å²) < 4.78 is 11.1. The van der Waals surface area contributed by atoms with Crippen LogP contribution < -0.4 is 10.5 Å². The van der Waals surface area contributed by atoms with Crippen LogP contribution in [0.15, 0.2) is 54.6 Å². The summed E-state index contributed by atoms with van der Waals surface area (Å²) in [5.74, 6) is 1.37. The summed E-state index contributed by atoms with van der Waals surface area (Å²) in [6.07, 6.45) is -0.496. The number of rotatable bonds is 7. The maximum atomic E-state index is 12.9. The number of hydrogen-bond donors (Lipinski definition) is 1. The topological polar surface area (TPSA) is 64.8 Å². The molecule has 2 aromatic rings. The van der Waals surface area contributed by atoms with Crippen molar-refractivity contribution in [3.8, 4) is 5.75 Å². The quantitative estimate of drug-likeness (QED) is 0.769. The Balaban J connectivity index is 0.00000280. The molecule has 1 fully saturated rings. The van der Waals surface area contributed by atoms with E-state index in [2.05, 4.69) is 12.1 Å². The molecule has 3 rings (SSSR count). The summed E-state index contributed by atoms with van der Waals surface area (Å²) in [6, 6.07) is 18.0. The van der Waals surface area contributed by atoms with Crippen LogP contribution in [-0.2, 0) is 16.1 Å². The van der Waals surface area contributed by atoms with Gasteiger partial charge in [0.25, 0.3) is 5.91 Å². The van der Waals surface area contributed by atoms with Gasteiger partial charge in [-0.1, -0.05) is 42.5 Å². The summed E-state index contributed by atoms with van der Waals surface area (Å²) in [5, 5.41) is 0. The summed E-state index contributed by atoms with van der Waals surface area (Å²) >= 11 is 0. The lowest BCUT2D eigenvalue weighted by molar-refractivity contribution is -0.142. The van der Waals surface area contributed by atoms with E-state index < -0.39 is 6.10 Å². The molecule has 0 aliphatic carbocycles. The third-order valence-electron chi connectivity index (χ3n) is 5.27. The standard InChI is InChI=1S/C22H28N2O3.ClH/c1-16(27-15-17-7-6-10-20(11-17)26-2)22(25)24-13-19(12-23)21(14-24)18-8-4-3-5-9-18;/h3-11,16,19,21H,12-15,23H2,1-2H3;1H/t16?,19-,21+;/m1./s1. The van der Waals surface area contributed by atoms with E-state index in [0.29, 0.717) is 26.2 Å². The van der Waals surface area contributed by atoms with Gasteiger partial charge >= 0.3 is 0 Å². The van der Waals surface area contributed by atoms with E-state index in [1.807, 2.05) is 54.3 Å². The van der Waals surface area contributed by atoms with Crippen LogP contribution in [0.3, 0.4) is 0 Å². The van der Waals surface area contributed by atoms with Gasteiger partial charge in [-0.25, -0.2) is 0 Å². The minimum atomic E-state index is -0.496. The van der Waals surface area contributed by atoms with Gasteiger partial charge in [-0.3, -0.25) is 4.79 Å². The molecule has 1 unspecified atom stereocenters. The lowest BCUT2D eigenvalue weighted by Crippen LogP contribution is -2.38. The molecule has 0 aromatic heterocycles. The minimum Gasteiger partial charge on any atom is -0.497 e. The Morgan fingerprint density at radius 3 is 2.61 bits per heavy atom. The lowest BCUT2D eigenvalue weighted by Gasteiger charge is -2.21. The Hall–Kier alpha value is -2.08. The number of carbonyl (C=O) groups is 1. The third kappa shape index (κ3) is 5.25. The molecular weight excluding hydrogens is 376 g/mol. The number of carbonyl (C=O) groups excluding carboxylic acids is 1. The molecule has 28 heavy (non-hydrogen) atoms. The van der Waals surface area contributed by atoms with Crippen molar-refractivity contribution in [1.29, 1.82) is 0 Å². The van der Waals surface area contributed by atoms with Gasteiger partial charge in [0.05, 0.1) is 13.7 Å². The molecule has 0 radical (unpaired) electrons. The summed E-state index contributed by atoms with van der Waals surface area (Å²) in [7, 11) is 1.64. The van der Waals surface area contributed by atoms with Gasteiger partial charge < -0.3 is 20.1 Å². The Morgan fingerprint density at radius 1 is 1.18 bits per heavy atom. The van der Waals surface area contributed by atoms with Crippen molar-refractivity contribution in [2.24, 2.45) is 11.7 Å². The number of nitrogens with zero attached hydrogens (tertiary/aromatic N) is 1. The molecule has 6 heteroatoms. The Labute approximate surface area is 173 Å². The molecule has 5 nitrogen and oxygen atoms in total. The number of ether oxygens (including phenoxy) is 2. The average molecular weight is 405 g/mol.